The lowest BCUT2D eigenvalue weighted by molar-refractivity contribution is -0.119. The fraction of sp³-hybridized carbons (Fsp3) is 0.615. The third-order valence-electron chi connectivity index (χ3n) is 3.29. The highest BCUT2D eigenvalue weighted by Gasteiger charge is 2.26. The van der Waals surface area contributed by atoms with Crippen LogP contribution in [0.15, 0.2) is 6.20 Å². The van der Waals surface area contributed by atoms with Crippen molar-refractivity contribution in [1.29, 1.82) is 0 Å². The van der Waals surface area contributed by atoms with Crippen molar-refractivity contribution in [2.45, 2.75) is 51.6 Å². The SMILES string of the molecule is CC(C)(CC(N)=O)NC(=O)c1cnn2c1CCCC2. The zero-order valence-corrected chi connectivity index (χ0v) is 11.4. The summed E-state index contributed by atoms with van der Waals surface area (Å²) in [6, 6.07) is 0. The van der Waals surface area contributed by atoms with Crippen LogP contribution in [0.5, 0.6) is 0 Å². The van der Waals surface area contributed by atoms with Crippen LogP contribution in [0.4, 0.5) is 0 Å². The molecule has 1 aromatic rings. The molecule has 0 aromatic carbocycles. The molecule has 2 rings (SSSR count). The Morgan fingerprint density at radius 3 is 2.89 bits per heavy atom. The largest absolute Gasteiger partial charge is 0.370 e. The molecule has 2 heterocycles. The summed E-state index contributed by atoms with van der Waals surface area (Å²) < 4.78 is 1.89. The van der Waals surface area contributed by atoms with Crippen LogP contribution < -0.4 is 11.1 Å². The molecule has 3 N–H and O–H groups in total. The van der Waals surface area contributed by atoms with E-state index < -0.39 is 11.4 Å². The Bertz CT molecular complexity index is 505. The summed E-state index contributed by atoms with van der Waals surface area (Å²) in [6.07, 6.45) is 4.77. The highest BCUT2D eigenvalue weighted by molar-refractivity contribution is 5.96. The number of hydrogen-bond acceptors (Lipinski definition) is 3. The Labute approximate surface area is 112 Å². The van der Waals surface area contributed by atoms with E-state index in [4.69, 9.17) is 5.73 Å². The van der Waals surface area contributed by atoms with Gasteiger partial charge in [-0.05, 0) is 33.1 Å². The third kappa shape index (κ3) is 3.13. The Morgan fingerprint density at radius 2 is 2.21 bits per heavy atom. The van der Waals surface area contributed by atoms with Gasteiger partial charge in [-0.15, -0.1) is 0 Å². The summed E-state index contributed by atoms with van der Waals surface area (Å²) >= 11 is 0. The second-order valence-electron chi connectivity index (χ2n) is 5.67. The number of nitrogens with zero attached hydrogens (tertiary/aromatic N) is 2. The minimum atomic E-state index is -0.646. The van der Waals surface area contributed by atoms with Crippen molar-refractivity contribution in [3.8, 4) is 0 Å². The fourth-order valence-electron chi connectivity index (χ4n) is 2.47. The van der Waals surface area contributed by atoms with E-state index in [-0.39, 0.29) is 12.3 Å². The molecule has 6 nitrogen and oxygen atoms in total. The van der Waals surface area contributed by atoms with Crippen molar-refractivity contribution >= 4 is 11.8 Å². The lowest BCUT2D eigenvalue weighted by Gasteiger charge is -2.25. The number of amides is 2. The predicted molar refractivity (Wildman–Crippen MR) is 70.5 cm³/mol. The van der Waals surface area contributed by atoms with Gasteiger partial charge >= 0.3 is 0 Å². The lowest BCUT2D eigenvalue weighted by Crippen LogP contribution is -2.46. The van der Waals surface area contributed by atoms with Gasteiger partial charge in [0.1, 0.15) is 0 Å². The van der Waals surface area contributed by atoms with Gasteiger partial charge < -0.3 is 11.1 Å². The Morgan fingerprint density at radius 1 is 1.47 bits per heavy atom. The number of fused-ring (bicyclic) bond motifs is 1. The van der Waals surface area contributed by atoms with Crippen LogP contribution in [0.2, 0.25) is 0 Å². The van der Waals surface area contributed by atoms with E-state index in [2.05, 4.69) is 10.4 Å². The molecule has 0 radical (unpaired) electrons. The Kier molecular flexibility index (Phi) is 3.59. The number of nitrogens with one attached hydrogen (secondary N) is 1. The Balaban J connectivity index is 2.12. The fourth-order valence-corrected chi connectivity index (χ4v) is 2.47. The Hall–Kier alpha value is -1.85. The summed E-state index contributed by atoms with van der Waals surface area (Å²) in [4.78, 5) is 23.2. The molecule has 104 valence electrons. The van der Waals surface area contributed by atoms with E-state index in [1.54, 1.807) is 20.0 Å². The van der Waals surface area contributed by atoms with Crippen LogP contribution >= 0.6 is 0 Å². The molecule has 19 heavy (non-hydrogen) atoms. The van der Waals surface area contributed by atoms with Gasteiger partial charge in [0.25, 0.3) is 5.91 Å². The topological polar surface area (TPSA) is 90.0 Å². The zero-order valence-electron chi connectivity index (χ0n) is 11.4. The monoisotopic (exact) mass is 264 g/mol. The van der Waals surface area contributed by atoms with Crippen molar-refractivity contribution in [2.75, 3.05) is 0 Å². The number of nitrogens with two attached hydrogens (primary N) is 1. The zero-order chi connectivity index (χ0) is 14.0. The predicted octanol–water partition coefficient (Wildman–Crippen LogP) is 0.603. The number of aromatic nitrogens is 2. The van der Waals surface area contributed by atoms with Gasteiger partial charge in [-0.1, -0.05) is 0 Å². The van der Waals surface area contributed by atoms with Crippen LogP contribution in [0.1, 0.15) is 49.2 Å². The summed E-state index contributed by atoms with van der Waals surface area (Å²) in [6.45, 7) is 4.44. The molecule has 1 aromatic heterocycles. The van der Waals surface area contributed by atoms with Crippen molar-refractivity contribution in [3.63, 3.8) is 0 Å². The van der Waals surface area contributed by atoms with Gasteiger partial charge in [0.05, 0.1) is 17.5 Å². The number of primary amides is 1. The first kappa shape index (κ1) is 13.6. The molecular weight excluding hydrogens is 244 g/mol. The van der Waals surface area contributed by atoms with E-state index in [1.165, 1.54) is 0 Å². The molecule has 0 unspecified atom stereocenters. The van der Waals surface area contributed by atoms with Gasteiger partial charge in [0, 0.05) is 18.5 Å². The summed E-state index contributed by atoms with van der Waals surface area (Å²) in [7, 11) is 0. The molecule has 0 atom stereocenters. The van der Waals surface area contributed by atoms with Crippen molar-refractivity contribution < 1.29 is 9.59 Å². The first-order valence-electron chi connectivity index (χ1n) is 6.54. The number of aryl methyl sites for hydroxylation is 1. The van der Waals surface area contributed by atoms with Crippen molar-refractivity contribution in [2.24, 2.45) is 5.73 Å². The van der Waals surface area contributed by atoms with E-state index in [0.717, 1.165) is 31.5 Å². The molecule has 0 spiro atoms. The average Bonchev–Trinajstić information content (AvgIpc) is 2.69. The minimum Gasteiger partial charge on any atom is -0.370 e. The second-order valence-corrected chi connectivity index (χ2v) is 5.67. The maximum absolute atomic E-state index is 12.3. The van der Waals surface area contributed by atoms with Crippen LogP contribution in [0, 0.1) is 0 Å². The number of carbonyl (C=O) groups excluding carboxylic acids is 2. The smallest absolute Gasteiger partial charge is 0.255 e. The van der Waals surface area contributed by atoms with Gasteiger partial charge in [0.15, 0.2) is 0 Å². The van der Waals surface area contributed by atoms with Gasteiger partial charge in [-0.25, -0.2) is 0 Å². The third-order valence-corrected chi connectivity index (χ3v) is 3.29. The molecule has 2 amide bonds. The molecule has 0 saturated carbocycles. The van der Waals surface area contributed by atoms with Gasteiger partial charge in [-0.2, -0.15) is 5.10 Å². The highest BCUT2D eigenvalue weighted by Crippen LogP contribution is 2.19. The molecule has 0 bridgehead atoms. The van der Waals surface area contributed by atoms with E-state index in [0.29, 0.717) is 5.56 Å². The van der Waals surface area contributed by atoms with Crippen molar-refractivity contribution in [1.82, 2.24) is 15.1 Å². The number of hydrogen-bond donors (Lipinski definition) is 2. The molecule has 0 fully saturated rings. The minimum absolute atomic E-state index is 0.113. The van der Waals surface area contributed by atoms with Crippen LogP contribution in [0.25, 0.3) is 0 Å². The summed E-state index contributed by atoms with van der Waals surface area (Å²) in [5.74, 6) is -0.614. The molecule has 6 heteroatoms. The number of rotatable bonds is 4. The molecular formula is C13H20N4O2. The first-order chi connectivity index (χ1) is 8.89. The van der Waals surface area contributed by atoms with Crippen LogP contribution in [-0.2, 0) is 17.8 Å². The molecule has 0 aliphatic carbocycles. The molecule has 1 aliphatic heterocycles. The van der Waals surface area contributed by atoms with Gasteiger partial charge in [0.2, 0.25) is 5.91 Å². The highest BCUT2D eigenvalue weighted by atomic mass is 16.2. The summed E-state index contributed by atoms with van der Waals surface area (Å²) in [5.41, 5.74) is 6.12. The maximum Gasteiger partial charge on any atom is 0.255 e. The van der Waals surface area contributed by atoms with E-state index >= 15 is 0 Å². The van der Waals surface area contributed by atoms with E-state index in [1.807, 2.05) is 4.68 Å². The summed E-state index contributed by atoms with van der Waals surface area (Å²) in [5, 5.41) is 7.08. The van der Waals surface area contributed by atoms with Gasteiger partial charge in [-0.3, -0.25) is 14.3 Å². The molecule has 1 aliphatic rings. The van der Waals surface area contributed by atoms with E-state index in [9.17, 15) is 9.59 Å². The normalized spacial score (nSPS) is 14.8. The molecule has 0 saturated heterocycles. The second kappa shape index (κ2) is 5.03. The maximum atomic E-state index is 12.3. The van der Waals surface area contributed by atoms with Crippen LogP contribution in [-0.4, -0.2) is 27.1 Å². The standard InChI is InChI=1S/C13H20N4O2/c1-13(2,7-11(14)18)16-12(19)9-8-15-17-6-4-3-5-10(9)17/h8H,3-7H2,1-2H3,(H2,14,18)(H,16,19). The van der Waals surface area contributed by atoms with Crippen molar-refractivity contribution in [3.05, 3.63) is 17.5 Å². The quantitative estimate of drug-likeness (QED) is 0.834. The first-order valence-corrected chi connectivity index (χ1v) is 6.54. The van der Waals surface area contributed by atoms with Crippen LogP contribution in [0.3, 0.4) is 0 Å². The number of carbonyl (C=O) groups is 2. The lowest BCUT2D eigenvalue weighted by atomic mass is 9.99. The average molecular weight is 264 g/mol.